The summed E-state index contributed by atoms with van der Waals surface area (Å²) in [6.45, 7) is 5.70. The number of rotatable bonds is 3. The Kier molecular flexibility index (Phi) is 3.74. The lowest BCUT2D eigenvalue weighted by Gasteiger charge is -2.26. The largest absolute Gasteiger partial charge is 0.342 e. The van der Waals surface area contributed by atoms with Crippen LogP contribution in [-0.4, -0.2) is 29.5 Å². The monoisotopic (exact) mass is 341 g/mol. The molecular weight excluding hydrogens is 322 g/mol. The number of nitrogens with two attached hydrogens (primary N) is 1. The molecule has 1 aliphatic rings. The number of thiazole rings is 1. The third kappa shape index (κ3) is 2.64. The van der Waals surface area contributed by atoms with Gasteiger partial charge in [0, 0.05) is 31.6 Å². The smallest absolute Gasteiger partial charge is 0.249 e. The quantitative estimate of drug-likeness (QED) is 0.905. The van der Waals surface area contributed by atoms with Gasteiger partial charge in [0.05, 0.1) is 18.4 Å². The van der Waals surface area contributed by atoms with Crippen molar-refractivity contribution in [3.05, 3.63) is 23.4 Å². The van der Waals surface area contributed by atoms with Crippen LogP contribution < -0.4 is 10.0 Å². The molecule has 0 radical (unpaired) electrons. The lowest BCUT2D eigenvalue weighted by Crippen LogP contribution is -2.30. The minimum absolute atomic E-state index is 0.0946. The Morgan fingerprint density at radius 2 is 2.14 bits per heavy atom. The summed E-state index contributed by atoms with van der Waals surface area (Å²) in [5.74, 6) is 1.45. The Morgan fingerprint density at radius 3 is 2.73 bits per heavy atom. The molecule has 3 rings (SSSR count). The Balaban J connectivity index is 1.88. The highest BCUT2D eigenvalue weighted by atomic mass is 32.2. The number of fused-ring (bicyclic) bond motifs is 1. The summed E-state index contributed by atoms with van der Waals surface area (Å²) < 4.78 is 25.0. The second-order valence-corrected chi connectivity index (χ2v) is 8.55. The Morgan fingerprint density at radius 1 is 1.41 bits per heavy atom. The van der Waals surface area contributed by atoms with E-state index in [0.29, 0.717) is 17.6 Å². The summed E-state index contributed by atoms with van der Waals surface area (Å²) in [5, 5.41) is 5.81. The number of hydrogen-bond acceptors (Lipinski definition) is 6. The van der Waals surface area contributed by atoms with Crippen molar-refractivity contribution in [2.75, 3.05) is 11.4 Å². The molecule has 2 aromatic rings. The zero-order valence-electron chi connectivity index (χ0n) is 12.8. The van der Waals surface area contributed by atoms with Crippen LogP contribution in [0.4, 0.5) is 5.13 Å². The Bertz CT molecular complexity index is 807. The average Bonchev–Trinajstić information content (AvgIpc) is 3.03. The molecule has 0 bridgehead atoms. The summed E-state index contributed by atoms with van der Waals surface area (Å²) in [6, 6.07) is 0. The fourth-order valence-electron chi connectivity index (χ4n) is 2.76. The van der Waals surface area contributed by atoms with Crippen molar-refractivity contribution >= 4 is 26.5 Å². The van der Waals surface area contributed by atoms with Gasteiger partial charge in [-0.25, -0.2) is 23.5 Å². The van der Waals surface area contributed by atoms with Gasteiger partial charge in [0.2, 0.25) is 10.0 Å². The van der Waals surface area contributed by atoms with Crippen LogP contribution >= 0.6 is 11.3 Å². The van der Waals surface area contributed by atoms with Crippen LogP contribution in [0.3, 0.4) is 0 Å². The first-order valence-electron chi connectivity index (χ1n) is 7.05. The van der Waals surface area contributed by atoms with Crippen molar-refractivity contribution in [3.63, 3.8) is 0 Å². The first-order valence-corrected chi connectivity index (χ1v) is 9.41. The molecule has 7 nitrogen and oxygen atoms in total. The van der Waals surface area contributed by atoms with Gasteiger partial charge in [-0.1, -0.05) is 25.2 Å². The van der Waals surface area contributed by atoms with Crippen molar-refractivity contribution in [2.24, 2.45) is 12.2 Å². The molecule has 0 fully saturated rings. The highest BCUT2D eigenvalue weighted by Crippen LogP contribution is 2.30. The van der Waals surface area contributed by atoms with E-state index in [4.69, 9.17) is 10.1 Å². The molecule has 0 amide bonds. The van der Waals surface area contributed by atoms with Crippen LogP contribution in [0, 0.1) is 0 Å². The van der Waals surface area contributed by atoms with Crippen molar-refractivity contribution in [2.45, 2.75) is 36.9 Å². The van der Waals surface area contributed by atoms with Crippen LogP contribution in [-0.2, 0) is 30.0 Å². The normalized spacial score (nSPS) is 15.4. The van der Waals surface area contributed by atoms with Gasteiger partial charge in [0.15, 0.2) is 9.34 Å². The van der Waals surface area contributed by atoms with Gasteiger partial charge in [-0.2, -0.15) is 0 Å². The lowest BCUT2D eigenvalue weighted by atomic mass is 10.1. The summed E-state index contributed by atoms with van der Waals surface area (Å²) in [5.41, 5.74) is 2.30. The van der Waals surface area contributed by atoms with E-state index in [2.05, 4.69) is 35.3 Å². The number of primary sulfonamides is 1. The van der Waals surface area contributed by atoms with E-state index in [1.54, 1.807) is 0 Å². The molecule has 2 N–H and O–H groups in total. The molecule has 0 atom stereocenters. The van der Waals surface area contributed by atoms with Crippen LogP contribution in [0.5, 0.6) is 0 Å². The fourth-order valence-corrected chi connectivity index (χ4v) is 4.32. The van der Waals surface area contributed by atoms with E-state index in [1.165, 1.54) is 11.9 Å². The number of aromatic nitrogens is 3. The van der Waals surface area contributed by atoms with Gasteiger partial charge in [-0.05, 0) is 0 Å². The van der Waals surface area contributed by atoms with Crippen molar-refractivity contribution < 1.29 is 8.42 Å². The molecular formula is C13H19N5O2S2. The molecule has 9 heteroatoms. The first-order chi connectivity index (χ1) is 10.3. The van der Waals surface area contributed by atoms with Crippen molar-refractivity contribution in [1.29, 1.82) is 0 Å². The van der Waals surface area contributed by atoms with Crippen LogP contribution in [0.25, 0.3) is 0 Å². The molecule has 0 aliphatic carbocycles. The topological polar surface area (TPSA) is 94.1 Å². The Labute approximate surface area is 133 Å². The van der Waals surface area contributed by atoms with Gasteiger partial charge in [0.1, 0.15) is 5.82 Å². The number of sulfonamides is 1. The highest BCUT2D eigenvalue weighted by Gasteiger charge is 2.26. The van der Waals surface area contributed by atoms with Crippen molar-refractivity contribution in [1.82, 2.24) is 14.5 Å². The SMILES string of the molecule is CC(C)c1nc2c(n1C)CCN(c1ncc(S(N)(=O)=O)s1)C2. The molecule has 0 spiro atoms. The van der Waals surface area contributed by atoms with E-state index >= 15 is 0 Å². The van der Waals surface area contributed by atoms with Crippen LogP contribution in [0.2, 0.25) is 0 Å². The van der Waals surface area contributed by atoms with Crippen LogP contribution in [0.1, 0.15) is 37.0 Å². The zero-order chi connectivity index (χ0) is 16.1. The molecule has 1 aliphatic heterocycles. The summed E-state index contributed by atoms with van der Waals surface area (Å²) in [7, 11) is -1.63. The summed E-state index contributed by atoms with van der Waals surface area (Å²) in [6.07, 6.45) is 2.19. The molecule has 0 unspecified atom stereocenters. The number of hydrogen-bond donors (Lipinski definition) is 1. The van der Waals surface area contributed by atoms with Gasteiger partial charge in [0.25, 0.3) is 0 Å². The average molecular weight is 341 g/mol. The zero-order valence-corrected chi connectivity index (χ0v) is 14.4. The third-order valence-electron chi connectivity index (χ3n) is 3.83. The fraction of sp³-hybridized carbons (Fsp3) is 0.538. The van der Waals surface area contributed by atoms with Gasteiger partial charge < -0.3 is 9.47 Å². The lowest BCUT2D eigenvalue weighted by molar-refractivity contribution is 0.599. The first kappa shape index (κ1) is 15.4. The van der Waals surface area contributed by atoms with E-state index in [1.807, 2.05) is 0 Å². The van der Waals surface area contributed by atoms with E-state index < -0.39 is 10.0 Å². The minimum atomic E-state index is -3.69. The van der Waals surface area contributed by atoms with E-state index in [0.717, 1.165) is 35.8 Å². The second-order valence-electron chi connectivity index (χ2n) is 5.76. The summed E-state index contributed by atoms with van der Waals surface area (Å²) in [4.78, 5) is 11.0. The van der Waals surface area contributed by atoms with Crippen LogP contribution in [0.15, 0.2) is 10.4 Å². The van der Waals surface area contributed by atoms with Crippen molar-refractivity contribution in [3.8, 4) is 0 Å². The van der Waals surface area contributed by atoms with Gasteiger partial charge in [-0.3, -0.25) is 0 Å². The molecule has 0 aromatic carbocycles. The highest BCUT2D eigenvalue weighted by molar-refractivity contribution is 7.91. The Hall–Kier alpha value is -1.45. The van der Waals surface area contributed by atoms with E-state index in [9.17, 15) is 8.42 Å². The van der Waals surface area contributed by atoms with Gasteiger partial charge in [-0.15, -0.1) is 0 Å². The maximum Gasteiger partial charge on any atom is 0.249 e. The predicted octanol–water partition coefficient (Wildman–Crippen LogP) is 1.21. The minimum Gasteiger partial charge on any atom is -0.342 e. The molecule has 22 heavy (non-hydrogen) atoms. The number of nitrogens with zero attached hydrogens (tertiary/aromatic N) is 4. The molecule has 2 aromatic heterocycles. The summed E-state index contributed by atoms with van der Waals surface area (Å²) >= 11 is 1.11. The predicted molar refractivity (Wildman–Crippen MR) is 85.5 cm³/mol. The second kappa shape index (κ2) is 5.32. The molecule has 120 valence electrons. The third-order valence-corrected chi connectivity index (χ3v) is 6.30. The maximum atomic E-state index is 11.4. The van der Waals surface area contributed by atoms with Gasteiger partial charge >= 0.3 is 0 Å². The van der Waals surface area contributed by atoms with E-state index in [-0.39, 0.29) is 4.21 Å². The maximum absolute atomic E-state index is 11.4. The molecule has 0 saturated heterocycles. The standard InChI is InChI=1S/C13H19N5O2S2/c1-8(2)12-16-9-7-18(5-4-10(9)17(12)3)13-15-6-11(21-13)22(14,19)20/h6,8H,4-5,7H2,1-3H3,(H2,14,19,20). The molecule has 3 heterocycles. The number of anilines is 1. The molecule has 0 saturated carbocycles. The number of imidazole rings is 1.